The van der Waals surface area contributed by atoms with Gasteiger partial charge in [0.15, 0.2) is 0 Å². The van der Waals surface area contributed by atoms with Crippen LogP contribution in [-0.2, 0) is 17.9 Å². The van der Waals surface area contributed by atoms with Gasteiger partial charge in [0, 0.05) is 6.54 Å². The highest BCUT2D eigenvalue weighted by molar-refractivity contribution is 5.76. The van der Waals surface area contributed by atoms with Gasteiger partial charge >= 0.3 is 0 Å². The van der Waals surface area contributed by atoms with Crippen LogP contribution in [0.5, 0.6) is 5.75 Å². The summed E-state index contributed by atoms with van der Waals surface area (Å²) in [5, 5.41) is 12.6. The number of amides is 1. The molecule has 2 aromatic carbocycles. The first-order chi connectivity index (χ1) is 11.5. The van der Waals surface area contributed by atoms with Crippen molar-refractivity contribution in [3.63, 3.8) is 0 Å². The molecule has 4 nitrogen and oxygen atoms in total. The molecule has 0 saturated heterocycles. The predicted molar refractivity (Wildman–Crippen MR) is 94.5 cm³/mol. The van der Waals surface area contributed by atoms with Gasteiger partial charge in [0.1, 0.15) is 12.4 Å². The second-order valence-electron chi connectivity index (χ2n) is 6.21. The fourth-order valence-corrected chi connectivity index (χ4v) is 2.18. The first-order valence-corrected chi connectivity index (χ1v) is 8.25. The monoisotopic (exact) mass is 327 g/mol. The molecule has 2 aromatic rings. The summed E-state index contributed by atoms with van der Waals surface area (Å²) in [5.74, 6) is 0.699. The molecule has 1 atom stereocenters. The van der Waals surface area contributed by atoms with Gasteiger partial charge in [-0.15, -0.1) is 0 Å². The Morgan fingerprint density at radius 3 is 2.50 bits per heavy atom. The van der Waals surface area contributed by atoms with Gasteiger partial charge in [-0.1, -0.05) is 56.3 Å². The lowest BCUT2D eigenvalue weighted by molar-refractivity contribution is -0.123. The molecule has 4 heteroatoms. The molecule has 0 aliphatic carbocycles. The van der Waals surface area contributed by atoms with E-state index in [0.29, 0.717) is 13.2 Å². The van der Waals surface area contributed by atoms with Crippen molar-refractivity contribution in [2.45, 2.75) is 39.5 Å². The van der Waals surface area contributed by atoms with E-state index >= 15 is 0 Å². The summed E-state index contributed by atoms with van der Waals surface area (Å²) in [5.41, 5.74) is 2.08. The highest BCUT2D eigenvalue weighted by Crippen LogP contribution is 2.15. The van der Waals surface area contributed by atoms with Crippen LogP contribution in [0.15, 0.2) is 54.6 Å². The molecule has 128 valence electrons. The van der Waals surface area contributed by atoms with Crippen LogP contribution in [0.3, 0.4) is 0 Å². The van der Waals surface area contributed by atoms with Crippen molar-refractivity contribution >= 4 is 5.91 Å². The van der Waals surface area contributed by atoms with Crippen LogP contribution in [0.4, 0.5) is 0 Å². The number of ether oxygens (including phenoxy) is 1. The molecule has 2 N–H and O–H groups in total. The lowest BCUT2D eigenvalue weighted by Gasteiger charge is -2.14. The Hall–Kier alpha value is -2.33. The minimum Gasteiger partial charge on any atom is -0.489 e. The summed E-state index contributed by atoms with van der Waals surface area (Å²) in [6.07, 6.45) is -0.479. The smallest absolute Gasteiger partial charge is 0.222 e. The Kier molecular flexibility index (Phi) is 6.82. The first kappa shape index (κ1) is 18.0. The molecule has 0 spiro atoms. The van der Waals surface area contributed by atoms with Crippen molar-refractivity contribution in [1.82, 2.24) is 5.32 Å². The SMILES string of the molecule is CC(C)C(O)CC(=O)NCc1cccc(OCc2ccccc2)c1. The average molecular weight is 327 g/mol. The normalized spacial score (nSPS) is 12.0. The van der Waals surface area contributed by atoms with Crippen molar-refractivity contribution in [3.8, 4) is 5.75 Å². The van der Waals surface area contributed by atoms with Crippen molar-refractivity contribution < 1.29 is 14.6 Å². The van der Waals surface area contributed by atoms with Gasteiger partial charge in [0.2, 0.25) is 5.91 Å². The number of benzene rings is 2. The third-order valence-electron chi connectivity index (χ3n) is 3.80. The van der Waals surface area contributed by atoms with E-state index in [1.54, 1.807) is 0 Å². The molecule has 0 saturated carbocycles. The summed E-state index contributed by atoms with van der Waals surface area (Å²) in [7, 11) is 0. The minimum atomic E-state index is -0.606. The maximum Gasteiger partial charge on any atom is 0.222 e. The van der Waals surface area contributed by atoms with Gasteiger partial charge in [-0.25, -0.2) is 0 Å². The van der Waals surface area contributed by atoms with Gasteiger partial charge in [0.05, 0.1) is 12.5 Å². The van der Waals surface area contributed by atoms with Crippen LogP contribution in [0.2, 0.25) is 0 Å². The summed E-state index contributed by atoms with van der Waals surface area (Å²) in [4.78, 5) is 11.8. The lowest BCUT2D eigenvalue weighted by atomic mass is 10.0. The Morgan fingerprint density at radius 2 is 1.79 bits per heavy atom. The summed E-state index contributed by atoms with van der Waals surface area (Å²) in [6, 6.07) is 17.6. The molecule has 0 radical (unpaired) electrons. The Labute approximate surface area is 143 Å². The van der Waals surface area contributed by atoms with Crippen LogP contribution in [0.25, 0.3) is 0 Å². The maximum atomic E-state index is 11.8. The van der Waals surface area contributed by atoms with Crippen molar-refractivity contribution in [1.29, 1.82) is 0 Å². The summed E-state index contributed by atoms with van der Waals surface area (Å²) >= 11 is 0. The molecular formula is C20H25NO3. The highest BCUT2D eigenvalue weighted by atomic mass is 16.5. The van der Waals surface area contributed by atoms with E-state index in [1.165, 1.54) is 0 Å². The van der Waals surface area contributed by atoms with E-state index in [4.69, 9.17) is 4.74 Å². The number of nitrogens with one attached hydrogen (secondary N) is 1. The minimum absolute atomic E-state index is 0.0745. The Bertz CT molecular complexity index is 640. The third kappa shape index (κ3) is 6.05. The van der Waals surface area contributed by atoms with Crippen LogP contribution in [-0.4, -0.2) is 17.1 Å². The first-order valence-electron chi connectivity index (χ1n) is 8.25. The predicted octanol–water partition coefficient (Wildman–Crippen LogP) is 3.29. The molecule has 0 heterocycles. The van der Waals surface area contributed by atoms with E-state index in [9.17, 15) is 9.90 Å². The highest BCUT2D eigenvalue weighted by Gasteiger charge is 2.13. The van der Waals surface area contributed by atoms with E-state index in [-0.39, 0.29) is 18.2 Å². The summed E-state index contributed by atoms with van der Waals surface area (Å²) in [6.45, 7) is 4.72. The van der Waals surface area contributed by atoms with E-state index in [0.717, 1.165) is 16.9 Å². The van der Waals surface area contributed by atoms with Crippen LogP contribution in [0.1, 0.15) is 31.4 Å². The molecule has 1 unspecified atom stereocenters. The standard InChI is InChI=1S/C20H25NO3/c1-15(2)19(22)12-20(23)21-13-17-9-6-10-18(11-17)24-14-16-7-4-3-5-8-16/h3-11,15,19,22H,12-14H2,1-2H3,(H,21,23). The second-order valence-corrected chi connectivity index (χ2v) is 6.21. The van der Waals surface area contributed by atoms with Gasteiger partial charge in [0.25, 0.3) is 0 Å². The third-order valence-corrected chi connectivity index (χ3v) is 3.80. The maximum absolute atomic E-state index is 11.8. The molecule has 0 bridgehead atoms. The molecule has 0 aliphatic heterocycles. The number of hydrogen-bond acceptors (Lipinski definition) is 3. The fourth-order valence-electron chi connectivity index (χ4n) is 2.18. The number of carbonyl (C=O) groups excluding carboxylic acids is 1. The number of carbonyl (C=O) groups is 1. The van der Waals surface area contributed by atoms with Crippen molar-refractivity contribution in [2.24, 2.45) is 5.92 Å². The van der Waals surface area contributed by atoms with Crippen LogP contribution in [0, 0.1) is 5.92 Å². The topological polar surface area (TPSA) is 58.6 Å². The van der Waals surface area contributed by atoms with Crippen molar-refractivity contribution in [2.75, 3.05) is 0 Å². The van der Waals surface area contributed by atoms with Gasteiger partial charge in [-0.2, -0.15) is 0 Å². The second kappa shape index (κ2) is 9.08. The molecular weight excluding hydrogens is 302 g/mol. The van der Waals surface area contributed by atoms with Gasteiger partial charge in [-0.3, -0.25) is 4.79 Å². The van der Waals surface area contributed by atoms with E-state index in [2.05, 4.69) is 5.32 Å². The van der Waals surface area contributed by atoms with Crippen LogP contribution >= 0.6 is 0 Å². The van der Waals surface area contributed by atoms with E-state index in [1.807, 2.05) is 68.4 Å². The number of aliphatic hydroxyl groups excluding tert-OH is 1. The zero-order valence-corrected chi connectivity index (χ0v) is 14.2. The van der Waals surface area contributed by atoms with Crippen LogP contribution < -0.4 is 10.1 Å². The Morgan fingerprint density at radius 1 is 1.08 bits per heavy atom. The zero-order chi connectivity index (χ0) is 17.4. The number of rotatable bonds is 8. The molecule has 0 aliphatic rings. The molecule has 1 amide bonds. The average Bonchev–Trinajstić information content (AvgIpc) is 2.59. The Balaban J connectivity index is 1.83. The van der Waals surface area contributed by atoms with Gasteiger partial charge in [-0.05, 0) is 29.2 Å². The quantitative estimate of drug-likeness (QED) is 0.782. The molecule has 2 rings (SSSR count). The largest absolute Gasteiger partial charge is 0.489 e. The fraction of sp³-hybridized carbons (Fsp3) is 0.350. The van der Waals surface area contributed by atoms with Gasteiger partial charge < -0.3 is 15.2 Å². The molecule has 0 fully saturated rings. The number of aliphatic hydroxyl groups is 1. The van der Waals surface area contributed by atoms with Crippen molar-refractivity contribution in [3.05, 3.63) is 65.7 Å². The van der Waals surface area contributed by atoms with E-state index < -0.39 is 6.10 Å². The zero-order valence-electron chi connectivity index (χ0n) is 14.2. The number of hydrogen-bond donors (Lipinski definition) is 2. The summed E-state index contributed by atoms with van der Waals surface area (Å²) < 4.78 is 5.78. The lowest BCUT2D eigenvalue weighted by Crippen LogP contribution is -2.29. The molecule has 24 heavy (non-hydrogen) atoms. The molecule has 0 aromatic heterocycles.